The zero-order valence-electron chi connectivity index (χ0n) is 8.74. The van der Waals surface area contributed by atoms with Crippen LogP contribution in [0.1, 0.15) is 26.2 Å². The van der Waals surface area contributed by atoms with Gasteiger partial charge in [0.2, 0.25) is 10.0 Å². The summed E-state index contributed by atoms with van der Waals surface area (Å²) < 4.78 is 24.7. The second-order valence-corrected chi connectivity index (χ2v) is 7.52. The van der Waals surface area contributed by atoms with Crippen molar-refractivity contribution in [3.63, 3.8) is 0 Å². The van der Waals surface area contributed by atoms with Gasteiger partial charge in [-0.25, -0.2) is 12.7 Å². The first-order valence-corrected chi connectivity index (χ1v) is 7.56. The summed E-state index contributed by atoms with van der Waals surface area (Å²) in [5, 5.41) is 0. The van der Waals surface area contributed by atoms with E-state index >= 15 is 0 Å². The summed E-state index contributed by atoms with van der Waals surface area (Å²) >= 11 is 3.50. The quantitative estimate of drug-likeness (QED) is 0.722. The first-order valence-electron chi connectivity index (χ1n) is 5.03. The average Bonchev–Trinajstić information content (AvgIpc) is 2.01. The Bertz CT molecular complexity index is 273. The number of sulfonamides is 1. The summed E-state index contributed by atoms with van der Waals surface area (Å²) in [6, 6.07) is 0. The van der Waals surface area contributed by atoms with E-state index in [0.717, 1.165) is 12.8 Å². The van der Waals surface area contributed by atoms with Crippen LogP contribution in [-0.2, 0) is 10.0 Å². The number of hydrogen-bond acceptors (Lipinski definition) is 2. The van der Waals surface area contributed by atoms with Crippen molar-refractivity contribution >= 4 is 26.0 Å². The molecule has 0 atom stereocenters. The lowest BCUT2D eigenvalue weighted by Crippen LogP contribution is -2.38. The lowest BCUT2D eigenvalue weighted by Gasteiger charge is -2.33. The van der Waals surface area contributed by atoms with Crippen molar-refractivity contribution in [3.8, 4) is 0 Å². The molecule has 0 heterocycles. The van der Waals surface area contributed by atoms with Gasteiger partial charge in [-0.05, 0) is 25.2 Å². The van der Waals surface area contributed by atoms with Gasteiger partial charge in [0.05, 0.1) is 5.75 Å². The van der Waals surface area contributed by atoms with Gasteiger partial charge in [0.15, 0.2) is 0 Å². The molecular weight excluding hydrogens is 266 g/mol. The first kappa shape index (κ1) is 12.5. The molecule has 0 saturated heterocycles. The van der Waals surface area contributed by atoms with Crippen molar-refractivity contribution in [1.29, 1.82) is 0 Å². The van der Waals surface area contributed by atoms with Gasteiger partial charge >= 0.3 is 0 Å². The lowest BCUT2D eigenvalue weighted by molar-refractivity contribution is 0.275. The molecule has 1 aliphatic carbocycles. The van der Waals surface area contributed by atoms with Crippen molar-refractivity contribution in [3.05, 3.63) is 0 Å². The largest absolute Gasteiger partial charge is 0.213 e. The molecule has 0 amide bonds. The zero-order chi connectivity index (χ0) is 10.8. The van der Waals surface area contributed by atoms with Gasteiger partial charge < -0.3 is 0 Å². The molecule has 0 aromatic carbocycles. The molecule has 1 aliphatic rings. The molecule has 5 heteroatoms. The number of alkyl halides is 1. The van der Waals surface area contributed by atoms with Crippen molar-refractivity contribution in [2.75, 3.05) is 19.3 Å². The van der Waals surface area contributed by atoms with E-state index in [1.165, 1.54) is 4.31 Å². The smallest absolute Gasteiger partial charge is 0.212 e. The summed E-state index contributed by atoms with van der Waals surface area (Å²) in [4.78, 5) is 0.606. The molecule has 14 heavy (non-hydrogen) atoms. The molecule has 84 valence electrons. The highest BCUT2D eigenvalue weighted by Crippen LogP contribution is 2.33. The average molecular weight is 284 g/mol. The molecule has 0 aliphatic heterocycles. The van der Waals surface area contributed by atoms with Crippen molar-refractivity contribution in [1.82, 2.24) is 4.31 Å². The monoisotopic (exact) mass is 283 g/mol. The third-order valence-corrected chi connectivity index (χ3v) is 5.40. The van der Waals surface area contributed by atoms with Gasteiger partial charge in [-0.3, -0.25) is 0 Å². The predicted octanol–water partition coefficient (Wildman–Crippen LogP) is 1.83. The van der Waals surface area contributed by atoms with E-state index in [1.807, 2.05) is 6.92 Å². The second-order valence-electron chi connectivity index (χ2n) is 4.03. The standard InChI is InChI=1S/C9H18BrNO2S/c1-3-4-14(12,13)11(2)7-8-5-9(10)6-8/h8-9H,3-7H2,1-2H3. The summed E-state index contributed by atoms with van der Waals surface area (Å²) in [7, 11) is -1.29. The van der Waals surface area contributed by atoms with Crippen LogP contribution < -0.4 is 0 Å². The fraction of sp³-hybridized carbons (Fsp3) is 1.00. The highest BCUT2D eigenvalue weighted by molar-refractivity contribution is 9.09. The van der Waals surface area contributed by atoms with Gasteiger partial charge in [0.25, 0.3) is 0 Å². The molecular formula is C9H18BrNO2S. The third-order valence-electron chi connectivity index (χ3n) is 2.63. The molecule has 0 aromatic heterocycles. The van der Waals surface area contributed by atoms with E-state index in [4.69, 9.17) is 0 Å². The molecule has 0 radical (unpaired) electrons. The Labute approximate surface area is 95.0 Å². The third kappa shape index (κ3) is 3.21. The van der Waals surface area contributed by atoms with Crippen LogP contribution in [0.3, 0.4) is 0 Å². The Morgan fingerprint density at radius 2 is 2.00 bits per heavy atom. The topological polar surface area (TPSA) is 37.4 Å². The zero-order valence-corrected chi connectivity index (χ0v) is 11.1. The molecule has 1 saturated carbocycles. The predicted molar refractivity (Wildman–Crippen MR) is 62.1 cm³/mol. The van der Waals surface area contributed by atoms with Crippen LogP contribution >= 0.6 is 15.9 Å². The SMILES string of the molecule is CCCS(=O)(=O)N(C)CC1CC(Br)C1. The maximum atomic E-state index is 11.6. The first-order chi connectivity index (χ1) is 6.45. The highest BCUT2D eigenvalue weighted by atomic mass is 79.9. The Morgan fingerprint density at radius 3 is 2.43 bits per heavy atom. The summed E-state index contributed by atoms with van der Waals surface area (Å²) in [5.41, 5.74) is 0. The van der Waals surface area contributed by atoms with Crippen LogP contribution in [0.5, 0.6) is 0 Å². The molecule has 0 unspecified atom stereocenters. The van der Waals surface area contributed by atoms with Crippen LogP contribution in [0.15, 0.2) is 0 Å². The molecule has 1 fully saturated rings. The van der Waals surface area contributed by atoms with E-state index in [9.17, 15) is 8.42 Å². The summed E-state index contributed by atoms with van der Waals surface area (Å²) in [6.07, 6.45) is 2.90. The normalized spacial score (nSPS) is 27.7. The maximum absolute atomic E-state index is 11.6. The molecule has 3 nitrogen and oxygen atoms in total. The minimum Gasteiger partial charge on any atom is -0.212 e. The minimum atomic E-state index is -2.98. The van der Waals surface area contributed by atoms with Crippen molar-refractivity contribution in [2.45, 2.75) is 31.0 Å². The molecule has 0 aromatic rings. The van der Waals surface area contributed by atoms with Crippen LogP contribution in [0.4, 0.5) is 0 Å². The fourth-order valence-electron chi connectivity index (χ4n) is 1.69. The lowest BCUT2D eigenvalue weighted by atomic mass is 9.85. The Balaban J connectivity index is 2.37. The van der Waals surface area contributed by atoms with Gasteiger partial charge in [-0.1, -0.05) is 22.9 Å². The van der Waals surface area contributed by atoms with Gasteiger partial charge in [0.1, 0.15) is 0 Å². The van der Waals surface area contributed by atoms with E-state index in [0.29, 0.717) is 23.7 Å². The summed E-state index contributed by atoms with van der Waals surface area (Å²) in [6.45, 7) is 2.58. The van der Waals surface area contributed by atoms with Gasteiger partial charge in [-0.15, -0.1) is 0 Å². The highest BCUT2D eigenvalue weighted by Gasteiger charge is 2.30. The Kier molecular flexibility index (Phi) is 4.40. The van der Waals surface area contributed by atoms with E-state index < -0.39 is 10.0 Å². The molecule has 0 spiro atoms. The van der Waals surface area contributed by atoms with E-state index in [-0.39, 0.29) is 5.75 Å². The van der Waals surface area contributed by atoms with E-state index in [2.05, 4.69) is 15.9 Å². The molecule has 0 bridgehead atoms. The minimum absolute atomic E-state index is 0.272. The Hall–Kier alpha value is 0.390. The number of nitrogens with zero attached hydrogens (tertiary/aromatic N) is 1. The number of halogens is 1. The maximum Gasteiger partial charge on any atom is 0.213 e. The van der Waals surface area contributed by atoms with Crippen LogP contribution in [0, 0.1) is 5.92 Å². The molecule has 0 N–H and O–H groups in total. The van der Waals surface area contributed by atoms with Crippen LogP contribution in [0.25, 0.3) is 0 Å². The van der Waals surface area contributed by atoms with Crippen molar-refractivity contribution in [2.24, 2.45) is 5.92 Å². The van der Waals surface area contributed by atoms with Crippen LogP contribution in [-0.4, -0.2) is 36.9 Å². The Morgan fingerprint density at radius 1 is 1.43 bits per heavy atom. The molecule has 1 rings (SSSR count). The fourth-order valence-corrected chi connectivity index (χ4v) is 4.02. The summed E-state index contributed by atoms with van der Waals surface area (Å²) in [5.74, 6) is 0.824. The number of rotatable bonds is 5. The number of hydrogen-bond donors (Lipinski definition) is 0. The van der Waals surface area contributed by atoms with Crippen molar-refractivity contribution < 1.29 is 8.42 Å². The second kappa shape index (κ2) is 4.94. The van der Waals surface area contributed by atoms with E-state index in [1.54, 1.807) is 7.05 Å². The van der Waals surface area contributed by atoms with Gasteiger partial charge in [-0.2, -0.15) is 0 Å². The van der Waals surface area contributed by atoms with Crippen LogP contribution in [0.2, 0.25) is 0 Å². The van der Waals surface area contributed by atoms with Gasteiger partial charge in [0, 0.05) is 18.4 Å².